The van der Waals surface area contributed by atoms with E-state index in [4.69, 9.17) is 10.3 Å². The van der Waals surface area contributed by atoms with E-state index in [1.807, 2.05) is 11.3 Å². The fourth-order valence-electron chi connectivity index (χ4n) is 3.80. The molecule has 1 aromatic carbocycles. The highest BCUT2D eigenvalue weighted by molar-refractivity contribution is 7.15. The average molecular weight is 419 g/mol. The summed E-state index contributed by atoms with van der Waals surface area (Å²) >= 11 is 1.87. The van der Waals surface area contributed by atoms with Gasteiger partial charge in [-0.3, -0.25) is 4.90 Å². The van der Waals surface area contributed by atoms with Gasteiger partial charge in [-0.1, -0.05) is 54.8 Å². The molecule has 28 heavy (non-hydrogen) atoms. The van der Waals surface area contributed by atoms with Crippen molar-refractivity contribution in [1.82, 2.24) is 15.0 Å². The molecule has 1 aliphatic rings. The first-order valence-electron chi connectivity index (χ1n) is 9.71. The standard InChI is InChI=1S/C21H26N4OS.ClH/c22-13-21-23-20(24-26-21)15-25(17-9-5-2-6-10-17)14-18-11-12-19(27-18)16-7-3-1-4-8-16;/h1,3-4,7-8,11-12,17H,2,5-6,9-10,13-15,22H2;1H. The molecule has 7 heteroatoms. The van der Waals surface area contributed by atoms with Crippen LogP contribution < -0.4 is 5.73 Å². The van der Waals surface area contributed by atoms with Crippen molar-refractivity contribution in [1.29, 1.82) is 0 Å². The lowest BCUT2D eigenvalue weighted by Gasteiger charge is -2.33. The monoisotopic (exact) mass is 418 g/mol. The van der Waals surface area contributed by atoms with Gasteiger partial charge >= 0.3 is 0 Å². The van der Waals surface area contributed by atoms with Crippen molar-refractivity contribution >= 4 is 23.7 Å². The average Bonchev–Trinajstić information content (AvgIpc) is 3.38. The van der Waals surface area contributed by atoms with Crippen molar-refractivity contribution in [3.8, 4) is 10.4 Å². The summed E-state index contributed by atoms with van der Waals surface area (Å²) in [6.45, 7) is 1.93. The van der Waals surface area contributed by atoms with E-state index in [1.165, 1.54) is 47.4 Å². The van der Waals surface area contributed by atoms with Crippen LogP contribution in [0.1, 0.15) is 48.7 Å². The van der Waals surface area contributed by atoms with Gasteiger partial charge in [-0.2, -0.15) is 4.98 Å². The number of hydrogen-bond donors (Lipinski definition) is 1. The van der Waals surface area contributed by atoms with E-state index in [0.29, 0.717) is 25.0 Å². The van der Waals surface area contributed by atoms with E-state index < -0.39 is 0 Å². The van der Waals surface area contributed by atoms with E-state index in [0.717, 1.165) is 12.4 Å². The number of thiophene rings is 1. The van der Waals surface area contributed by atoms with Gasteiger partial charge in [-0.05, 0) is 30.5 Å². The van der Waals surface area contributed by atoms with Gasteiger partial charge in [0.15, 0.2) is 5.82 Å². The number of nitrogens with two attached hydrogens (primary N) is 1. The molecule has 2 N–H and O–H groups in total. The zero-order valence-corrected chi connectivity index (χ0v) is 17.6. The molecule has 3 aromatic rings. The number of rotatable bonds is 7. The van der Waals surface area contributed by atoms with E-state index >= 15 is 0 Å². The van der Waals surface area contributed by atoms with Crippen LogP contribution in [0.4, 0.5) is 0 Å². The minimum absolute atomic E-state index is 0. The van der Waals surface area contributed by atoms with Crippen LogP contribution in [0, 0.1) is 0 Å². The van der Waals surface area contributed by atoms with Crippen LogP contribution in [0.25, 0.3) is 10.4 Å². The zero-order valence-electron chi connectivity index (χ0n) is 15.9. The van der Waals surface area contributed by atoms with Crippen molar-refractivity contribution < 1.29 is 4.52 Å². The maximum Gasteiger partial charge on any atom is 0.240 e. The van der Waals surface area contributed by atoms with Crippen molar-refractivity contribution in [3.63, 3.8) is 0 Å². The highest BCUT2D eigenvalue weighted by Gasteiger charge is 2.23. The molecule has 1 saturated carbocycles. The molecule has 0 atom stereocenters. The van der Waals surface area contributed by atoms with E-state index in [9.17, 15) is 0 Å². The van der Waals surface area contributed by atoms with Gasteiger partial charge in [0.2, 0.25) is 5.89 Å². The SMILES string of the molecule is Cl.NCc1nc(CN(Cc2ccc(-c3ccccc3)s2)C2CCCCC2)no1. The topological polar surface area (TPSA) is 68.2 Å². The summed E-state index contributed by atoms with van der Waals surface area (Å²) in [6, 6.07) is 15.6. The lowest BCUT2D eigenvalue weighted by Crippen LogP contribution is -2.36. The Kier molecular flexibility index (Phi) is 7.62. The van der Waals surface area contributed by atoms with Gasteiger partial charge in [-0.15, -0.1) is 23.7 Å². The molecular weight excluding hydrogens is 392 g/mol. The Bertz CT molecular complexity index is 845. The third-order valence-corrected chi connectivity index (χ3v) is 6.32. The van der Waals surface area contributed by atoms with Gasteiger partial charge in [0.05, 0.1) is 13.1 Å². The van der Waals surface area contributed by atoms with Crippen molar-refractivity contribution in [2.24, 2.45) is 5.73 Å². The molecule has 0 amide bonds. The Morgan fingerprint density at radius 1 is 1.04 bits per heavy atom. The molecule has 2 heterocycles. The smallest absolute Gasteiger partial charge is 0.240 e. The predicted molar refractivity (Wildman–Crippen MR) is 115 cm³/mol. The fourth-order valence-corrected chi connectivity index (χ4v) is 4.84. The van der Waals surface area contributed by atoms with Crippen molar-refractivity contribution in [2.45, 2.75) is 57.8 Å². The summed E-state index contributed by atoms with van der Waals surface area (Å²) in [6.07, 6.45) is 6.46. The number of benzene rings is 1. The minimum Gasteiger partial charge on any atom is -0.338 e. The minimum atomic E-state index is 0. The number of nitrogens with zero attached hydrogens (tertiary/aromatic N) is 3. The first-order valence-corrected chi connectivity index (χ1v) is 10.5. The molecular formula is C21H27ClN4OS. The van der Waals surface area contributed by atoms with E-state index in [-0.39, 0.29) is 12.4 Å². The molecule has 4 rings (SSSR count). The normalized spacial score (nSPS) is 14.9. The van der Waals surface area contributed by atoms with Crippen LogP contribution in [0.15, 0.2) is 47.0 Å². The first-order chi connectivity index (χ1) is 13.3. The van der Waals surface area contributed by atoms with Crippen LogP contribution in [0.5, 0.6) is 0 Å². The summed E-state index contributed by atoms with van der Waals surface area (Å²) in [4.78, 5) is 9.63. The van der Waals surface area contributed by atoms with E-state index in [2.05, 4.69) is 57.5 Å². The van der Waals surface area contributed by atoms with Gasteiger partial charge in [0, 0.05) is 22.3 Å². The molecule has 1 aliphatic carbocycles. The van der Waals surface area contributed by atoms with Gasteiger partial charge in [-0.25, -0.2) is 0 Å². The zero-order chi connectivity index (χ0) is 18.5. The summed E-state index contributed by atoms with van der Waals surface area (Å²) in [5.41, 5.74) is 6.89. The molecule has 2 aromatic heterocycles. The van der Waals surface area contributed by atoms with Gasteiger partial charge in [0.1, 0.15) is 0 Å². The molecule has 150 valence electrons. The number of aromatic nitrogens is 2. The second kappa shape index (κ2) is 10.2. The second-order valence-electron chi connectivity index (χ2n) is 7.14. The molecule has 1 fully saturated rings. The molecule has 0 aliphatic heterocycles. The molecule has 0 radical (unpaired) electrons. The van der Waals surface area contributed by atoms with Crippen molar-refractivity contribution in [3.05, 3.63) is 59.1 Å². The highest BCUT2D eigenvalue weighted by atomic mass is 35.5. The maximum atomic E-state index is 5.61. The van der Waals surface area contributed by atoms with Gasteiger partial charge < -0.3 is 10.3 Å². The molecule has 0 saturated heterocycles. The van der Waals surface area contributed by atoms with Crippen LogP contribution in [-0.4, -0.2) is 21.1 Å². The highest BCUT2D eigenvalue weighted by Crippen LogP contribution is 2.31. The van der Waals surface area contributed by atoms with Gasteiger partial charge in [0.25, 0.3) is 0 Å². The maximum absolute atomic E-state index is 5.61. The summed E-state index contributed by atoms with van der Waals surface area (Å²) in [7, 11) is 0. The quantitative estimate of drug-likeness (QED) is 0.583. The Balaban J connectivity index is 0.00000225. The van der Waals surface area contributed by atoms with Crippen molar-refractivity contribution in [2.75, 3.05) is 0 Å². The Morgan fingerprint density at radius 3 is 2.54 bits per heavy atom. The van der Waals surface area contributed by atoms with E-state index in [1.54, 1.807) is 0 Å². The molecule has 5 nitrogen and oxygen atoms in total. The molecule has 0 spiro atoms. The predicted octanol–water partition coefficient (Wildman–Crippen LogP) is 5.01. The molecule has 0 bridgehead atoms. The Hall–Kier alpha value is -1.73. The second-order valence-corrected chi connectivity index (χ2v) is 8.31. The van der Waals surface area contributed by atoms with Crippen LogP contribution in [0.2, 0.25) is 0 Å². The Morgan fingerprint density at radius 2 is 1.82 bits per heavy atom. The fraction of sp³-hybridized carbons (Fsp3) is 0.429. The third-order valence-electron chi connectivity index (χ3n) is 5.20. The summed E-state index contributed by atoms with van der Waals surface area (Å²) in [5, 5.41) is 4.11. The Labute approximate surface area is 176 Å². The number of hydrogen-bond acceptors (Lipinski definition) is 6. The summed E-state index contributed by atoms with van der Waals surface area (Å²) < 4.78 is 5.20. The largest absolute Gasteiger partial charge is 0.338 e. The van der Waals surface area contributed by atoms with Crippen LogP contribution in [0.3, 0.4) is 0 Å². The number of halogens is 1. The summed E-state index contributed by atoms with van der Waals surface area (Å²) in [5.74, 6) is 1.25. The lowest BCUT2D eigenvalue weighted by molar-refractivity contribution is 0.136. The van der Waals surface area contributed by atoms with Crippen LogP contribution >= 0.6 is 23.7 Å². The molecule has 0 unspecified atom stereocenters. The lowest BCUT2D eigenvalue weighted by atomic mass is 9.94. The first kappa shape index (κ1) is 21.0. The third kappa shape index (κ3) is 5.20. The van der Waals surface area contributed by atoms with Crippen LogP contribution in [-0.2, 0) is 19.6 Å².